The summed E-state index contributed by atoms with van der Waals surface area (Å²) in [6, 6.07) is 11.2. The van der Waals surface area contributed by atoms with Gasteiger partial charge in [-0.3, -0.25) is 10.2 Å². The van der Waals surface area contributed by atoms with Gasteiger partial charge >= 0.3 is 0 Å². The number of carbonyl (C=O) groups excluding carboxylic acids is 1. The molecule has 1 amide bonds. The van der Waals surface area contributed by atoms with Crippen molar-refractivity contribution in [1.82, 2.24) is 4.98 Å². The first-order chi connectivity index (χ1) is 11.6. The van der Waals surface area contributed by atoms with E-state index in [-0.39, 0.29) is 5.91 Å². The van der Waals surface area contributed by atoms with Gasteiger partial charge in [-0.15, -0.1) is 0 Å². The third-order valence-corrected chi connectivity index (χ3v) is 4.62. The molecule has 0 spiro atoms. The molecule has 124 valence electrons. The highest BCUT2D eigenvalue weighted by atomic mass is 32.1. The summed E-state index contributed by atoms with van der Waals surface area (Å²) < 4.78 is 6.24. The number of rotatable bonds is 5. The highest BCUT2D eigenvalue weighted by molar-refractivity contribution is 7.22. The van der Waals surface area contributed by atoms with Crippen LogP contribution < -0.4 is 21.3 Å². The van der Waals surface area contributed by atoms with Crippen molar-refractivity contribution in [3.63, 3.8) is 0 Å². The average Bonchev–Trinajstić information content (AvgIpc) is 3.04. The minimum Gasteiger partial charge on any atom is -0.494 e. The molecule has 0 atom stereocenters. The van der Waals surface area contributed by atoms with Gasteiger partial charge in [0.25, 0.3) is 5.91 Å². The quantitative estimate of drug-likeness (QED) is 0.488. The van der Waals surface area contributed by atoms with Crippen LogP contribution in [0.25, 0.3) is 10.2 Å². The Morgan fingerprint density at radius 2 is 2.04 bits per heavy atom. The van der Waals surface area contributed by atoms with Gasteiger partial charge in [0, 0.05) is 17.3 Å². The Balaban J connectivity index is 1.89. The summed E-state index contributed by atoms with van der Waals surface area (Å²) in [5.41, 5.74) is 5.69. The molecule has 0 saturated heterocycles. The molecular formula is C17H18N4O2S. The van der Waals surface area contributed by atoms with E-state index in [0.717, 1.165) is 11.1 Å². The molecule has 1 aromatic heterocycles. The summed E-state index contributed by atoms with van der Waals surface area (Å²) in [6.07, 6.45) is 0.943. The van der Waals surface area contributed by atoms with Gasteiger partial charge in [0.15, 0.2) is 5.13 Å². The van der Waals surface area contributed by atoms with Crippen molar-refractivity contribution in [3.8, 4) is 5.75 Å². The first-order valence-corrected chi connectivity index (χ1v) is 8.31. The minimum atomic E-state index is -0.166. The zero-order valence-electron chi connectivity index (χ0n) is 13.4. The number of benzene rings is 2. The number of nitrogens with one attached hydrogen (secondary N) is 2. The van der Waals surface area contributed by atoms with E-state index >= 15 is 0 Å². The Kier molecular flexibility index (Phi) is 4.64. The molecule has 6 nitrogen and oxygen atoms in total. The lowest BCUT2D eigenvalue weighted by atomic mass is 10.1. The fourth-order valence-corrected chi connectivity index (χ4v) is 3.22. The molecule has 0 aliphatic rings. The van der Waals surface area contributed by atoms with E-state index in [4.69, 9.17) is 10.6 Å². The number of hydrogen-bond acceptors (Lipinski definition) is 6. The summed E-state index contributed by atoms with van der Waals surface area (Å²) in [5, 5.41) is 3.48. The molecule has 1 heterocycles. The maximum absolute atomic E-state index is 12.4. The summed E-state index contributed by atoms with van der Waals surface area (Å²) in [4.78, 5) is 16.8. The SMILES string of the molecule is CCc1ccc(C(=O)Nc2cc(OC)c3nc(NN)sc3c2)cc1. The third-order valence-electron chi connectivity index (χ3n) is 3.69. The maximum Gasteiger partial charge on any atom is 0.255 e. The predicted octanol–water partition coefficient (Wildman–Crippen LogP) is 3.41. The normalized spacial score (nSPS) is 10.6. The number of hydrazine groups is 1. The van der Waals surface area contributed by atoms with E-state index < -0.39 is 0 Å². The lowest BCUT2D eigenvalue weighted by molar-refractivity contribution is 0.102. The molecule has 3 rings (SSSR count). The first-order valence-electron chi connectivity index (χ1n) is 7.50. The lowest BCUT2D eigenvalue weighted by Gasteiger charge is -2.08. The average molecular weight is 342 g/mol. The van der Waals surface area contributed by atoms with Crippen LogP contribution in [-0.4, -0.2) is 18.0 Å². The number of nitrogens with zero attached hydrogens (tertiary/aromatic N) is 1. The van der Waals surface area contributed by atoms with E-state index in [0.29, 0.717) is 27.6 Å². The number of carbonyl (C=O) groups is 1. The van der Waals surface area contributed by atoms with Gasteiger partial charge in [-0.1, -0.05) is 30.4 Å². The molecule has 7 heteroatoms. The number of amides is 1. The van der Waals surface area contributed by atoms with Gasteiger partial charge in [0.1, 0.15) is 11.3 Å². The van der Waals surface area contributed by atoms with Crippen molar-refractivity contribution < 1.29 is 9.53 Å². The van der Waals surface area contributed by atoms with Crippen molar-refractivity contribution in [2.75, 3.05) is 17.9 Å². The molecule has 0 saturated carbocycles. The van der Waals surface area contributed by atoms with Crippen LogP contribution in [0, 0.1) is 0 Å². The molecule has 24 heavy (non-hydrogen) atoms. The summed E-state index contributed by atoms with van der Waals surface area (Å²) in [6.45, 7) is 2.08. The van der Waals surface area contributed by atoms with Gasteiger partial charge in [0.05, 0.1) is 11.8 Å². The van der Waals surface area contributed by atoms with Crippen molar-refractivity contribution in [2.24, 2.45) is 5.84 Å². The van der Waals surface area contributed by atoms with Crippen LogP contribution in [-0.2, 0) is 6.42 Å². The fourth-order valence-electron chi connectivity index (χ4n) is 2.38. The Hall–Kier alpha value is -2.64. The van der Waals surface area contributed by atoms with E-state index in [2.05, 4.69) is 22.7 Å². The molecule has 0 aliphatic heterocycles. The number of aryl methyl sites for hydroxylation is 1. The Morgan fingerprint density at radius 3 is 2.67 bits per heavy atom. The molecule has 0 bridgehead atoms. The monoisotopic (exact) mass is 342 g/mol. The molecule has 0 unspecified atom stereocenters. The van der Waals surface area contributed by atoms with Crippen LogP contribution >= 0.6 is 11.3 Å². The second kappa shape index (κ2) is 6.86. The number of nitrogen functional groups attached to an aromatic ring is 1. The van der Waals surface area contributed by atoms with Gasteiger partial charge in [0.2, 0.25) is 0 Å². The summed E-state index contributed by atoms with van der Waals surface area (Å²) in [7, 11) is 1.57. The number of hydrogen-bond donors (Lipinski definition) is 3. The number of thiazole rings is 1. The largest absolute Gasteiger partial charge is 0.494 e. The maximum atomic E-state index is 12.4. The second-order valence-corrected chi connectivity index (χ2v) is 6.22. The fraction of sp³-hybridized carbons (Fsp3) is 0.176. The van der Waals surface area contributed by atoms with Gasteiger partial charge in [-0.05, 0) is 30.2 Å². The third kappa shape index (κ3) is 3.17. The highest BCUT2D eigenvalue weighted by Gasteiger charge is 2.13. The Morgan fingerprint density at radius 1 is 1.29 bits per heavy atom. The van der Waals surface area contributed by atoms with Crippen molar-refractivity contribution in [2.45, 2.75) is 13.3 Å². The molecule has 0 radical (unpaired) electrons. The van der Waals surface area contributed by atoms with E-state index in [1.807, 2.05) is 30.3 Å². The highest BCUT2D eigenvalue weighted by Crippen LogP contribution is 2.35. The van der Waals surface area contributed by atoms with Crippen LogP contribution in [0.4, 0.5) is 10.8 Å². The van der Waals surface area contributed by atoms with E-state index in [9.17, 15) is 4.79 Å². The second-order valence-electron chi connectivity index (χ2n) is 5.19. The standard InChI is InChI=1S/C17H18N4O2S/c1-3-10-4-6-11(7-5-10)16(22)19-12-8-13(23-2)15-14(9-12)24-17(20-15)21-18/h4-9H,3,18H2,1-2H3,(H,19,22)(H,20,21). The minimum absolute atomic E-state index is 0.166. The van der Waals surface area contributed by atoms with Crippen molar-refractivity contribution in [1.29, 1.82) is 0 Å². The summed E-state index contributed by atoms with van der Waals surface area (Å²) >= 11 is 1.39. The molecule has 0 aliphatic carbocycles. The number of ether oxygens (including phenoxy) is 1. The van der Waals surface area contributed by atoms with Crippen molar-refractivity contribution >= 4 is 38.3 Å². The van der Waals surface area contributed by atoms with Gasteiger partial charge in [-0.25, -0.2) is 10.8 Å². The van der Waals surface area contributed by atoms with Crippen LogP contribution in [0.5, 0.6) is 5.75 Å². The smallest absolute Gasteiger partial charge is 0.255 e. The van der Waals surface area contributed by atoms with Crippen LogP contribution in [0.15, 0.2) is 36.4 Å². The zero-order valence-corrected chi connectivity index (χ0v) is 14.2. The Labute approximate surface area is 143 Å². The number of anilines is 2. The Bertz CT molecular complexity index is 874. The molecule has 4 N–H and O–H groups in total. The first kappa shape index (κ1) is 16.2. The molecular weight excluding hydrogens is 324 g/mol. The lowest BCUT2D eigenvalue weighted by Crippen LogP contribution is -2.11. The van der Waals surface area contributed by atoms with Gasteiger partial charge < -0.3 is 10.1 Å². The number of methoxy groups -OCH3 is 1. The van der Waals surface area contributed by atoms with E-state index in [1.165, 1.54) is 16.9 Å². The van der Waals surface area contributed by atoms with Crippen LogP contribution in [0.3, 0.4) is 0 Å². The topological polar surface area (TPSA) is 89.3 Å². The predicted molar refractivity (Wildman–Crippen MR) is 97.8 cm³/mol. The molecule has 0 fully saturated rings. The number of aromatic nitrogens is 1. The molecule has 3 aromatic rings. The molecule has 2 aromatic carbocycles. The van der Waals surface area contributed by atoms with Gasteiger partial charge in [-0.2, -0.15) is 0 Å². The summed E-state index contributed by atoms with van der Waals surface area (Å²) in [5.74, 6) is 5.83. The number of nitrogens with two attached hydrogens (primary N) is 1. The number of fused-ring (bicyclic) bond motifs is 1. The zero-order chi connectivity index (χ0) is 17.1. The van der Waals surface area contributed by atoms with Crippen molar-refractivity contribution in [3.05, 3.63) is 47.5 Å². The van der Waals surface area contributed by atoms with Crippen LogP contribution in [0.1, 0.15) is 22.8 Å². The van der Waals surface area contributed by atoms with E-state index in [1.54, 1.807) is 13.2 Å². The van der Waals surface area contributed by atoms with Crippen LogP contribution in [0.2, 0.25) is 0 Å².